The summed E-state index contributed by atoms with van der Waals surface area (Å²) in [6.07, 6.45) is 2.26. The molecule has 0 unspecified atom stereocenters. The number of anilines is 1. The van der Waals surface area contributed by atoms with E-state index in [2.05, 4.69) is 10.7 Å². The van der Waals surface area contributed by atoms with Crippen molar-refractivity contribution in [2.45, 2.75) is 37.8 Å². The molecule has 1 saturated carbocycles. The van der Waals surface area contributed by atoms with Gasteiger partial charge in [0, 0.05) is 5.69 Å². The normalized spacial score (nSPS) is 13.4. The number of rotatable bonds is 6. The minimum absolute atomic E-state index is 0.0539. The van der Waals surface area contributed by atoms with Gasteiger partial charge in [-0.05, 0) is 72.9 Å². The SMILES string of the molecule is Cc1cccc(NC(=O)CSc2nc3scc(C4CC4)c3c(=O)n2-c2ccccc2)c1C. The molecule has 32 heavy (non-hydrogen) atoms. The second-order valence-electron chi connectivity index (χ2n) is 8.10. The molecule has 0 saturated heterocycles. The Bertz CT molecular complexity index is 1370. The number of hydrogen-bond acceptors (Lipinski definition) is 5. The quantitative estimate of drug-likeness (QED) is 0.297. The lowest BCUT2D eigenvalue weighted by atomic mass is 10.1. The van der Waals surface area contributed by atoms with Crippen molar-refractivity contribution in [1.82, 2.24) is 9.55 Å². The van der Waals surface area contributed by atoms with Crippen molar-refractivity contribution in [1.29, 1.82) is 0 Å². The van der Waals surface area contributed by atoms with E-state index in [9.17, 15) is 9.59 Å². The van der Waals surface area contributed by atoms with Gasteiger partial charge in [0.25, 0.3) is 5.56 Å². The topological polar surface area (TPSA) is 64.0 Å². The summed E-state index contributed by atoms with van der Waals surface area (Å²) in [6.45, 7) is 4.02. The average Bonchev–Trinajstić information content (AvgIpc) is 3.55. The van der Waals surface area contributed by atoms with E-state index in [1.807, 2.05) is 62.4 Å². The van der Waals surface area contributed by atoms with Gasteiger partial charge in [0.15, 0.2) is 5.16 Å². The molecule has 0 atom stereocenters. The van der Waals surface area contributed by atoms with Gasteiger partial charge in [0.2, 0.25) is 5.91 Å². The fourth-order valence-electron chi connectivity index (χ4n) is 3.79. The van der Waals surface area contributed by atoms with Crippen LogP contribution in [-0.4, -0.2) is 21.2 Å². The Morgan fingerprint density at radius 3 is 2.69 bits per heavy atom. The number of nitrogens with one attached hydrogen (secondary N) is 1. The Labute approximate surface area is 194 Å². The predicted molar refractivity (Wildman–Crippen MR) is 132 cm³/mol. The Morgan fingerprint density at radius 1 is 1.16 bits per heavy atom. The van der Waals surface area contributed by atoms with E-state index in [1.165, 1.54) is 23.1 Å². The average molecular weight is 462 g/mol. The van der Waals surface area contributed by atoms with Crippen LogP contribution in [0, 0.1) is 13.8 Å². The first-order chi connectivity index (χ1) is 15.5. The van der Waals surface area contributed by atoms with Crippen molar-refractivity contribution in [2.24, 2.45) is 0 Å². The standard InChI is InChI=1S/C25H23N3O2S2/c1-15-7-6-10-20(16(15)2)26-21(29)14-32-25-27-23-22(19(13-31-23)17-11-12-17)24(30)28(25)18-8-4-3-5-9-18/h3-10,13,17H,11-12,14H2,1-2H3,(H,26,29). The molecule has 0 bridgehead atoms. The molecule has 0 spiro atoms. The zero-order chi connectivity index (χ0) is 22.2. The maximum Gasteiger partial charge on any atom is 0.267 e. The van der Waals surface area contributed by atoms with Crippen molar-refractivity contribution in [3.8, 4) is 5.69 Å². The second kappa shape index (κ2) is 8.56. The number of aromatic nitrogens is 2. The van der Waals surface area contributed by atoms with Crippen LogP contribution in [0.1, 0.15) is 35.4 Å². The van der Waals surface area contributed by atoms with Gasteiger partial charge in [-0.3, -0.25) is 14.2 Å². The highest BCUT2D eigenvalue weighted by Crippen LogP contribution is 2.44. The summed E-state index contributed by atoms with van der Waals surface area (Å²) in [5.41, 5.74) is 4.82. The zero-order valence-corrected chi connectivity index (χ0v) is 19.6. The van der Waals surface area contributed by atoms with Crippen LogP contribution in [0.25, 0.3) is 15.9 Å². The summed E-state index contributed by atoms with van der Waals surface area (Å²) >= 11 is 2.80. The first kappa shape index (κ1) is 21.0. The third-order valence-corrected chi connectivity index (χ3v) is 7.68. The first-order valence-corrected chi connectivity index (χ1v) is 12.5. The van der Waals surface area contributed by atoms with E-state index in [0.29, 0.717) is 11.1 Å². The number of carbonyl (C=O) groups excluding carboxylic acids is 1. The molecule has 7 heteroatoms. The first-order valence-electron chi connectivity index (χ1n) is 10.6. The van der Waals surface area contributed by atoms with Crippen molar-refractivity contribution >= 4 is 44.9 Å². The third kappa shape index (κ3) is 3.98. The van der Waals surface area contributed by atoms with Crippen molar-refractivity contribution in [3.63, 3.8) is 0 Å². The van der Waals surface area contributed by atoms with Gasteiger partial charge in [-0.25, -0.2) is 4.98 Å². The number of nitrogens with zero attached hydrogens (tertiary/aromatic N) is 2. The fraction of sp³-hybridized carbons (Fsp3) is 0.240. The van der Waals surface area contributed by atoms with Crippen LogP contribution in [0.2, 0.25) is 0 Å². The fourth-order valence-corrected chi connectivity index (χ4v) is 5.67. The number of hydrogen-bond donors (Lipinski definition) is 1. The molecular formula is C25H23N3O2S2. The molecule has 0 radical (unpaired) electrons. The number of thioether (sulfide) groups is 1. The van der Waals surface area contributed by atoms with Gasteiger partial charge >= 0.3 is 0 Å². The molecule has 2 aromatic carbocycles. The number of benzene rings is 2. The van der Waals surface area contributed by atoms with E-state index in [-0.39, 0.29) is 17.2 Å². The lowest BCUT2D eigenvalue weighted by molar-refractivity contribution is -0.113. The zero-order valence-electron chi connectivity index (χ0n) is 17.9. The van der Waals surface area contributed by atoms with Crippen molar-refractivity contribution in [3.05, 3.63) is 81.0 Å². The molecule has 1 amide bonds. The molecular weight excluding hydrogens is 438 g/mol. The maximum atomic E-state index is 13.6. The van der Waals surface area contributed by atoms with Crippen LogP contribution in [0.5, 0.6) is 0 Å². The van der Waals surface area contributed by atoms with E-state index < -0.39 is 0 Å². The largest absolute Gasteiger partial charge is 0.325 e. The Morgan fingerprint density at radius 2 is 1.94 bits per heavy atom. The second-order valence-corrected chi connectivity index (χ2v) is 9.90. The van der Waals surface area contributed by atoms with Crippen LogP contribution in [0.15, 0.2) is 63.9 Å². The van der Waals surface area contributed by atoms with Gasteiger partial charge in [-0.1, -0.05) is 42.1 Å². The summed E-state index contributed by atoms with van der Waals surface area (Å²) in [5.74, 6) is 0.519. The minimum Gasteiger partial charge on any atom is -0.325 e. The maximum absolute atomic E-state index is 13.6. The van der Waals surface area contributed by atoms with Crippen LogP contribution in [0.3, 0.4) is 0 Å². The van der Waals surface area contributed by atoms with Crippen LogP contribution >= 0.6 is 23.1 Å². The molecule has 162 valence electrons. The highest BCUT2D eigenvalue weighted by Gasteiger charge is 2.29. The van der Waals surface area contributed by atoms with Crippen LogP contribution in [-0.2, 0) is 4.79 Å². The predicted octanol–water partition coefficient (Wildman–Crippen LogP) is 5.67. The van der Waals surface area contributed by atoms with Gasteiger partial charge in [0.1, 0.15) is 4.83 Å². The van der Waals surface area contributed by atoms with E-state index in [0.717, 1.165) is 51.1 Å². The van der Waals surface area contributed by atoms with E-state index >= 15 is 0 Å². The molecule has 1 aliphatic carbocycles. The van der Waals surface area contributed by atoms with E-state index in [4.69, 9.17) is 4.98 Å². The number of amides is 1. The number of aryl methyl sites for hydroxylation is 1. The molecule has 0 aliphatic heterocycles. The summed E-state index contributed by atoms with van der Waals surface area (Å²) in [6, 6.07) is 15.4. The monoisotopic (exact) mass is 461 g/mol. The number of fused-ring (bicyclic) bond motifs is 1. The summed E-state index contributed by atoms with van der Waals surface area (Å²) in [7, 11) is 0. The Kier molecular flexibility index (Phi) is 5.61. The molecule has 5 nitrogen and oxygen atoms in total. The number of carbonyl (C=O) groups is 1. The summed E-state index contributed by atoms with van der Waals surface area (Å²) < 4.78 is 1.65. The van der Waals surface area contributed by atoms with Gasteiger partial charge in [-0.15, -0.1) is 11.3 Å². The molecule has 2 heterocycles. The summed E-state index contributed by atoms with van der Waals surface area (Å²) in [4.78, 5) is 31.9. The van der Waals surface area contributed by atoms with Gasteiger partial charge in [0.05, 0.1) is 16.8 Å². The molecule has 1 fully saturated rings. The molecule has 4 aromatic rings. The Hall–Kier alpha value is -2.90. The molecule has 1 aliphatic rings. The van der Waals surface area contributed by atoms with Gasteiger partial charge < -0.3 is 5.32 Å². The summed E-state index contributed by atoms with van der Waals surface area (Å²) in [5, 5.41) is 6.33. The number of thiophene rings is 1. The van der Waals surface area contributed by atoms with Crippen molar-refractivity contribution < 1.29 is 4.79 Å². The smallest absolute Gasteiger partial charge is 0.267 e. The molecule has 2 aromatic heterocycles. The molecule has 5 rings (SSSR count). The van der Waals surface area contributed by atoms with Gasteiger partial charge in [-0.2, -0.15) is 0 Å². The third-order valence-electron chi connectivity index (χ3n) is 5.85. The van der Waals surface area contributed by atoms with Crippen molar-refractivity contribution in [2.75, 3.05) is 11.1 Å². The highest BCUT2D eigenvalue weighted by atomic mass is 32.2. The minimum atomic E-state index is -0.123. The van der Waals surface area contributed by atoms with Crippen LogP contribution in [0.4, 0.5) is 5.69 Å². The molecule has 1 N–H and O–H groups in total. The lowest BCUT2D eigenvalue weighted by Gasteiger charge is -2.13. The van der Waals surface area contributed by atoms with Crippen LogP contribution < -0.4 is 10.9 Å². The van der Waals surface area contributed by atoms with E-state index in [1.54, 1.807) is 4.57 Å². The number of para-hydroxylation sites is 1. The highest BCUT2D eigenvalue weighted by molar-refractivity contribution is 7.99. The Balaban J connectivity index is 1.48. The lowest BCUT2D eigenvalue weighted by Crippen LogP contribution is -2.23.